The molecule has 3 rings (SSSR count). The number of aromatic amines is 1. The summed E-state index contributed by atoms with van der Waals surface area (Å²) in [6.45, 7) is 8.78. The monoisotopic (exact) mass is 412 g/mol. The van der Waals surface area contributed by atoms with Crippen molar-refractivity contribution in [3.8, 4) is 0 Å². The summed E-state index contributed by atoms with van der Waals surface area (Å²) in [6.07, 6.45) is 0.698. The lowest BCUT2D eigenvalue weighted by Crippen LogP contribution is -2.27. The highest BCUT2D eigenvalue weighted by Gasteiger charge is 2.26. The lowest BCUT2D eigenvalue weighted by Gasteiger charge is -2.16. The van der Waals surface area contributed by atoms with E-state index in [9.17, 15) is 14.4 Å². The molecular weight excluding hydrogens is 388 g/mol. The third-order valence-electron chi connectivity index (χ3n) is 4.53. The first-order chi connectivity index (χ1) is 13.6. The zero-order valence-electron chi connectivity index (χ0n) is 17.1. The molecule has 7 heteroatoms. The Bertz CT molecular complexity index is 1090. The van der Waals surface area contributed by atoms with Crippen LogP contribution in [-0.2, 0) is 9.53 Å². The highest BCUT2D eigenvalue weighted by molar-refractivity contribution is 7.18. The van der Waals surface area contributed by atoms with Crippen molar-refractivity contribution in [3.05, 3.63) is 52.5 Å². The van der Waals surface area contributed by atoms with Crippen molar-refractivity contribution in [2.75, 3.05) is 5.32 Å². The molecule has 29 heavy (non-hydrogen) atoms. The number of ketones is 1. The van der Waals surface area contributed by atoms with Gasteiger partial charge in [0, 0.05) is 28.1 Å². The minimum Gasteiger partial charge on any atom is -0.450 e. The molecule has 1 unspecified atom stereocenters. The second kappa shape index (κ2) is 7.83. The van der Waals surface area contributed by atoms with Gasteiger partial charge in [-0.15, -0.1) is 11.3 Å². The molecule has 0 aliphatic heterocycles. The van der Waals surface area contributed by atoms with Crippen LogP contribution in [0.3, 0.4) is 0 Å². The largest absolute Gasteiger partial charge is 0.450 e. The Morgan fingerprint density at radius 1 is 1.17 bits per heavy atom. The van der Waals surface area contributed by atoms with Gasteiger partial charge in [0.25, 0.3) is 0 Å². The third-order valence-corrected chi connectivity index (χ3v) is 5.66. The maximum Gasteiger partial charge on any atom is 0.349 e. The van der Waals surface area contributed by atoms with Crippen LogP contribution in [-0.4, -0.2) is 28.7 Å². The van der Waals surface area contributed by atoms with Gasteiger partial charge in [-0.25, -0.2) is 4.79 Å². The summed E-state index contributed by atoms with van der Waals surface area (Å²) in [4.78, 5) is 41.0. The number of hydrogen-bond acceptors (Lipinski definition) is 5. The van der Waals surface area contributed by atoms with Crippen LogP contribution in [0.2, 0.25) is 0 Å². The molecule has 0 fully saturated rings. The maximum absolute atomic E-state index is 12.8. The quantitative estimate of drug-likeness (QED) is 0.458. The third kappa shape index (κ3) is 4.40. The number of Topliss-reactive ketones (excluding diaryl/α,β-unsaturated/α-hetero) is 1. The number of aromatic nitrogens is 1. The predicted molar refractivity (Wildman–Crippen MR) is 115 cm³/mol. The van der Waals surface area contributed by atoms with Crippen LogP contribution >= 0.6 is 11.3 Å². The summed E-state index contributed by atoms with van der Waals surface area (Å²) in [5.74, 6) is -0.989. The first-order valence-electron chi connectivity index (χ1n) is 9.31. The molecule has 0 saturated heterocycles. The number of anilines is 1. The summed E-state index contributed by atoms with van der Waals surface area (Å²) in [5.41, 5.74) is 1.49. The van der Waals surface area contributed by atoms with E-state index in [0.717, 1.165) is 22.2 Å². The van der Waals surface area contributed by atoms with Gasteiger partial charge in [0.15, 0.2) is 6.10 Å². The van der Waals surface area contributed by atoms with Crippen molar-refractivity contribution in [1.29, 1.82) is 0 Å². The van der Waals surface area contributed by atoms with Gasteiger partial charge in [-0.1, -0.05) is 39.0 Å². The van der Waals surface area contributed by atoms with Gasteiger partial charge in [0.2, 0.25) is 11.7 Å². The minimum atomic E-state index is -0.934. The topological polar surface area (TPSA) is 88.3 Å². The standard InChI is InChI=1S/C22H24N2O4S/c1-12-10-17(24-21(27)22(3,4)5)29-19(12)20(26)28-13(2)18(25)15-11-23-16-9-7-6-8-14(15)16/h6-11,13,23H,1-5H3,(H,24,27). The number of carbonyl (C=O) groups is 3. The zero-order valence-corrected chi connectivity index (χ0v) is 17.9. The smallest absolute Gasteiger partial charge is 0.349 e. The molecule has 2 aromatic heterocycles. The van der Waals surface area contributed by atoms with Crippen LogP contribution in [0.1, 0.15) is 53.3 Å². The first kappa shape index (κ1) is 20.8. The van der Waals surface area contributed by atoms with Crippen molar-refractivity contribution < 1.29 is 19.1 Å². The Morgan fingerprint density at radius 3 is 2.55 bits per heavy atom. The first-order valence-corrected chi connectivity index (χ1v) is 10.1. The van der Waals surface area contributed by atoms with Crippen molar-refractivity contribution in [3.63, 3.8) is 0 Å². The fraction of sp³-hybridized carbons (Fsp3) is 0.318. The number of para-hydroxylation sites is 1. The molecule has 1 amide bonds. The van der Waals surface area contributed by atoms with E-state index in [1.54, 1.807) is 26.1 Å². The molecule has 2 heterocycles. The fourth-order valence-electron chi connectivity index (χ4n) is 2.81. The highest BCUT2D eigenvalue weighted by Crippen LogP contribution is 2.29. The normalized spacial score (nSPS) is 12.6. The Hall–Kier alpha value is -2.93. The number of carbonyl (C=O) groups excluding carboxylic acids is 3. The Balaban J connectivity index is 1.73. The molecule has 0 aliphatic rings. The molecule has 0 aliphatic carbocycles. The number of nitrogens with one attached hydrogen (secondary N) is 2. The van der Waals surface area contributed by atoms with Gasteiger partial charge < -0.3 is 15.0 Å². The Kier molecular flexibility index (Phi) is 5.61. The van der Waals surface area contributed by atoms with E-state index in [0.29, 0.717) is 21.0 Å². The lowest BCUT2D eigenvalue weighted by atomic mass is 9.96. The number of thiophene rings is 1. The minimum absolute atomic E-state index is 0.137. The molecule has 0 bridgehead atoms. The van der Waals surface area contributed by atoms with E-state index in [-0.39, 0.29) is 11.7 Å². The van der Waals surface area contributed by atoms with Gasteiger partial charge in [0.05, 0.1) is 5.00 Å². The van der Waals surface area contributed by atoms with Crippen LogP contribution in [0, 0.1) is 12.3 Å². The number of esters is 1. The summed E-state index contributed by atoms with van der Waals surface area (Å²) >= 11 is 1.14. The second-order valence-corrected chi connectivity index (χ2v) is 9.04. The molecule has 3 aromatic rings. The van der Waals surface area contributed by atoms with E-state index in [1.165, 1.54) is 0 Å². The SMILES string of the molecule is Cc1cc(NC(=O)C(C)(C)C)sc1C(=O)OC(C)C(=O)c1c[nH]c2ccccc12. The van der Waals surface area contributed by atoms with Crippen LogP contribution in [0.15, 0.2) is 36.5 Å². The van der Waals surface area contributed by atoms with E-state index in [2.05, 4.69) is 10.3 Å². The zero-order chi connectivity index (χ0) is 21.3. The number of fused-ring (bicyclic) bond motifs is 1. The second-order valence-electron chi connectivity index (χ2n) is 7.99. The Labute approximate surface area is 173 Å². The number of H-pyrrole nitrogens is 1. The molecule has 0 spiro atoms. The van der Waals surface area contributed by atoms with Crippen LogP contribution in [0.25, 0.3) is 10.9 Å². The summed E-state index contributed by atoms with van der Waals surface area (Å²) in [6, 6.07) is 9.20. The average molecular weight is 413 g/mol. The van der Waals surface area contributed by atoms with Crippen molar-refractivity contribution in [1.82, 2.24) is 4.98 Å². The molecule has 1 atom stereocenters. The fourth-order valence-corrected chi connectivity index (χ4v) is 3.76. The predicted octanol–water partition coefficient (Wildman–Crippen LogP) is 4.95. The van der Waals surface area contributed by atoms with Crippen molar-refractivity contribution in [2.45, 2.75) is 40.7 Å². The van der Waals surface area contributed by atoms with Crippen molar-refractivity contribution >= 4 is 44.9 Å². The number of hydrogen-bond donors (Lipinski definition) is 2. The number of aryl methyl sites for hydroxylation is 1. The average Bonchev–Trinajstić information content (AvgIpc) is 3.23. The van der Waals surface area contributed by atoms with Gasteiger partial charge in [-0.3, -0.25) is 9.59 Å². The van der Waals surface area contributed by atoms with E-state index in [1.807, 2.05) is 45.0 Å². The van der Waals surface area contributed by atoms with Crippen LogP contribution in [0.5, 0.6) is 0 Å². The number of amides is 1. The lowest BCUT2D eigenvalue weighted by molar-refractivity contribution is -0.123. The van der Waals surface area contributed by atoms with E-state index in [4.69, 9.17) is 4.74 Å². The van der Waals surface area contributed by atoms with Crippen LogP contribution < -0.4 is 5.32 Å². The summed E-state index contributed by atoms with van der Waals surface area (Å²) < 4.78 is 5.43. The Morgan fingerprint density at radius 2 is 1.86 bits per heavy atom. The molecule has 0 saturated carbocycles. The van der Waals surface area contributed by atoms with Crippen LogP contribution in [0.4, 0.5) is 5.00 Å². The van der Waals surface area contributed by atoms with Gasteiger partial charge in [0.1, 0.15) is 4.88 Å². The maximum atomic E-state index is 12.8. The van der Waals surface area contributed by atoms with E-state index < -0.39 is 17.5 Å². The number of benzene rings is 1. The van der Waals surface area contributed by atoms with Gasteiger partial charge in [-0.2, -0.15) is 0 Å². The molecule has 1 aromatic carbocycles. The molecule has 6 nitrogen and oxygen atoms in total. The number of rotatable bonds is 5. The highest BCUT2D eigenvalue weighted by atomic mass is 32.1. The van der Waals surface area contributed by atoms with E-state index >= 15 is 0 Å². The molecule has 2 N–H and O–H groups in total. The summed E-state index contributed by atoms with van der Waals surface area (Å²) in [5, 5.41) is 4.18. The summed E-state index contributed by atoms with van der Waals surface area (Å²) in [7, 11) is 0. The van der Waals surface area contributed by atoms with Gasteiger partial charge >= 0.3 is 5.97 Å². The molecule has 0 radical (unpaired) electrons. The van der Waals surface area contributed by atoms with Crippen molar-refractivity contribution in [2.24, 2.45) is 5.41 Å². The molecule has 152 valence electrons. The number of ether oxygens (including phenoxy) is 1. The molecular formula is C22H24N2O4S. The van der Waals surface area contributed by atoms with Gasteiger partial charge in [-0.05, 0) is 31.5 Å².